The van der Waals surface area contributed by atoms with E-state index in [-0.39, 0.29) is 12.8 Å². The summed E-state index contributed by atoms with van der Waals surface area (Å²) in [6.07, 6.45) is -2.16. The number of nitrogens with zero attached hydrogens (tertiary/aromatic N) is 1. The molecule has 1 aliphatic heterocycles. The molecule has 0 bridgehead atoms. The number of hydrogen-bond donors (Lipinski definition) is 1. The molecule has 1 fully saturated rings. The molecule has 0 aromatic carbocycles. The van der Waals surface area contributed by atoms with E-state index in [2.05, 4.69) is 0 Å². The summed E-state index contributed by atoms with van der Waals surface area (Å²) in [5.74, 6) is -1.38. The number of imide groups is 1. The third kappa shape index (κ3) is 5.29. The summed E-state index contributed by atoms with van der Waals surface area (Å²) in [6.45, 7) is 10.0. The quantitative estimate of drug-likeness (QED) is 0.739. The molecule has 22 heavy (non-hydrogen) atoms. The van der Waals surface area contributed by atoms with Crippen LogP contribution in [0.1, 0.15) is 54.4 Å². The first-order valence-electron chi connectivity index (χ1n) is 7.26. The summed E-state index contributed by atoms with van der Waals surface area (Å²) >= 11 is 0. The molecular formula is C15H25NO6. The van der Waals surface area contributed by atoms with Gasteiger partial charge in [0, 0.05) is 6.42 Å². The lowest BCUT2D eigenvalue weighted by molar-refractivity contribution is -0.168. The zero-order valence-corrected chi connectivity index (χ0v) is 14.0. The average Bonchev–Trinajstić information content (AvgIpc) is 2.22. The highest BCUT2D eigenvalue weighted by atomic mass is 16.6. The van der Waals surface area contributed by atoms with Gasteiger partial charge >= 0.3 is 12.1 Å². The highest BCUT2D eigenvalue weighted by molar-refractivity contribution is 5.98. The molecule has 1 aliphatic rings. The fourth-order valence-electron chi connectivity index (χ4n) is 2.03. The lowest BCUT2D eigenvalue weighted by Gasteiger charge is -2.36. The first kappa shape index (κ1) is 18.4. The van der Waals surface area contributed by atoms with E-state index in [4.69, 9.17) is 9.47 Å². The zero-order valence-electron chi connectivity index (χ0n) is 14.0. The van der Waals surface area contributed by atoms with Gasteiger partial charge < -0.3 is 14.6 Å². The summed E-state index contributed by atoms with van der Waals surface area (Å²) in [5.41, 5.74) is -1.56. The molecule has 0 unspecified atom stereocenters. The van der Waals surface area contributed by atoms with Crippen molar-refractivity contribution in [2.75, 3.05) is 0 Å². The molecule has 0 radical (unpaired) electrons. The van der Waals surface area contributed by atoms with Crippen molar-refractivity contribution in [3.8, 4) is 0 Å². The van der Waals surface area contributed by atoms with Crippen LogP contribution in [-0.4, -0.2) is 51.3 Å². The Balaban J connectivity index is 3.00. The average molecular weight is 315 g/mol. The molecule has 1 heterocycles. The summed E-state index contributed by atoms with van der Waals surface area (Å²) in [5, 5.41) is 9.72. The van der Waals surface area contributed by atoms with Crippen molar-refractivity contribution >= 4 is 18.0 Å². The predicted molar refractivity (Wildman–Crippen MR) is 78.0 cm³/mol. The van der Waals surface area contributed by atoms with Crippen molar-refractivity contribution < 1.29 is 29.0 Å². The summed E-state index contributed by atoms with van der Waals surface area (Å²) in [4.78, 5) is 37.3. The highest BCUT2D eigenvalue weighted by Crippen LogP contribution is 2.24. The Bertz CT molecular complexity index is 460. The SMILES string of the molecule is CC(C)(C)OC(=O)[C@H]1C[C@@H](O)CC(=O)N1C(=O)OC(C)(C)C. The van der Waals surface area contributed by atoms with E-state index in [0.29, 0.717) is 0 Å². The van der Waals surface area contributed by atoms with Gasteiger partial charge in [-0.1, -0.05) is 0 Å². The number of carbonyl (C=O) groups excluding carboxylic acids is 3. The molecule has 1 saturated heterocycles. The van der Waals surface area contributed by atoms with E-state index in [1.54, 1.807) is 41.5 Å². The third-order valence-electron chi connectivity index (χ3n) is 2.75. The molecule has 7 nitrogen and oxygen atoms in total. The second kappa shape index (κ2) is 6.24. The maximum absolute atomic E-state index is 12.3. The van der Waals surface area contributed by atoms with Gasteiger partial charge in [0.15, 0.2) is 0 Å². The number of ether oxygens (including phenoxy) is 2. The molecular weight excluding hydrogens is 290 g/mol. The van der Waals surface area contributed by atoms with Gasteiger partial charge in [0.1, 0.15) is 17.2 Å². The minimum Gasteiger partial charge on any atom is -0.458 e. The Morgan fingerprint density at radius 1 is 1.09 bits per heavy atom. The van der Waals surface area contributed by atoms with Crippen LogP contribution in [0.2, 0.25) is 0 Å². The molecule has 0 aliphatic carbocycles. The van der Waals surface area contributed by atoms with Crippen molar-refractivity contribution in [2.24, 2.45) is 0 Å². The van der Waals surface area contributed by atoms with Crippen LogP contribution in [0.4, 0.5) is 4.79 Å². The number of carbonyl (C=O) groups is 3. The van der Waals surface area contributed by atoms with Crippen LogP contribution in [0.5, 0.6) is 0 Å². The zero-order chi connectivity index (χ0) is 17.3. The molecule has 0 aromatic heterocycles. The van der Waals surface area contributed by atoms with Gasteiger partial charge in [-0.05, 0) is 41.5 Å². The summed E-state index contributed by atoms with van der Waals surface area (Å²) < 4.78 is 10.4. The van der Waals surface area contributed by atoms with Gasteiger partial charge in [-0.15, -0.1) is 0 Å². The van der Waals surface area contributed by atoms with Gasteiger partial charge in [0.2, 0.25) is 5.91 Å². The monoisotopic (exact) mass is 315 g/mol. The van der Waals surface area contributed by atoms with E-state index >= 15 is 0 Å². The van der Waals surface area contributed by atoms with Crippen molar-refractivity contribution in [1.29, 1.82) is 0 Å². The molecule has 2 atom stereocenters. The molecule has 0 aromatic rings. The lowest BCUT2D eigenvalue weighted by Crippen LogP contribution is -2.56. The Labute approximate surface area is 130 Å². The molecule has 2 amide bonds. The number of amides is 2. The summed E-state index contributed by atoms with van der Waals surface area (Å²) in [7, 11) is 0. The second-order valence-electron chi connectivity index (χ2n) is 7.39. The smallest absolute Gasteiger partial charge is 0.417 e. The van der Waals surface area contributed by atoms with E-state index in [0.717, 1.165) is 4.90 Å². The number of aliphatic hydroxyl groups excluding tert-OH is 1. The third-order valence-corrected chi connectivity index (χ3v) is 2.75. The number of likely N-dealkylation sites (tertiary alicyclic amines) is 1. The molecule has 7 heteroatoms. The largest absolute Gasteiger partial charge is 0.458 e. The minimum atomic E-state index is -1.18. The van der Waals surface area contributed by atoms with Crippen LogP contribution in [-0.2, 0) is 19.1 Å². The number of rotatable bonds is 1. The fourth-order valence-corrected chi connectivity index (χ4v) is 2.03. The summed E-state index contributed by atoms with van der Waals surface area (Å²) in [6, 6.07) is -1.18. The van der Waals surface area contributed by atoms with Crippen molar-refractivity contribution in [2.45, 2.75) is 77.7 Å². The number of piperidine rings is 1. The molecule has 0 saturated carbocycles. The Morgan fingerprint density at radius 2 is 1.59 bits per heavy atom. The Morgan fingerprint density at radius 3 is 2.05 bits per heavy atom. The molecule has 1 N–H and O–H groups in total. The topological polar surface area (TPSA) is 93.1 Å². The van der Waals surface area contributed by atoms with Crippen LogP contribution >= 0.6 is 0 Å². The number of esters is 1. The van der Waals surface area contributed by atoms with E-state index in [1.165, 1.54) is 0 Å². The van der Waals surface area contributed by atoms with Gasteiger partial charge in [0.05, 0.1) is 12.5 Å². The Hall–Kier alpha value is -1.63. The fraction of sp³-hybridized carbons (Fsp3) is 0.800. The van der Waals surface area contributed by atoms with E-state index in [9.17, 15) is 19.5 Å². The van der Waals surface area contributed by atoms with Crippen LogP contribution in [0.25, 0.3) is 0 Å². The molecule has 126 valence electrons. The van der Waals surface area contributed by atoms with Crippen LogP contribution in [0.3, 0.4) is 0 Å². The molecule has 0 spiro atoms. The first-order valence-corrected chi connectivity index (χ1v) is 7.26. The first-order chi connectivity index (χ1) is 9.80. The standard InChI is InChI=1S/C15H25NO6/c1-14(2,3)21-12(19)10-7-9(17)8-11(18)16(10)13(20)22-15(4,5)6/h9-10,17H,7-8H2,1-6H3/t9-,10-/m1/s1. The number of hydrogen-bond acceptors (Lipinski definition) is 6. The molecule has 1 rings (SSSR count). The van der Waals surface area contributed by atoms with Crippen LogP contribution in [0, 0.1) is 0 Å². The lowest BCUT2D eigenvalue weighted by atomic mass is 9.99. The maximum Gasteiger partial charge on any atom is 0.417 e. The van der Waals surface area contributed by atoms with Gasteiger partial charge in [-0.25, -0.2) is 14.5 Å². The van der Waals surface area contributed by atoms with Gasteiger partial charge in [0.25, 0.3) is 0 Å². The minimum absolute atomic E-state index is 0.0557. The van der Waals surface area contributed by atoms with Gasteiger partial charge in [-0.3, -0.25) is 4.79 Å². The maximum atomic E-state index is 12.3. The van der Waals surface area contributed by atoms with E-state index in [1.807, 2.05) is 0 Å². The number of aliphatic hydroxyl groups is 1. The normalized spacial score (nSPS) is 23.2. The van der Waals surface area contributed by atoms with Crippen molar-refractivity contribution in [3.05, 3.63) is 0 Å². The highest BCUT2D eigenvalue weighted by Gasteiger charge is 2.44. The Kier molecular flexibility index (Phi) is 5.22. The van der Waals surface area contributed by atoms with Crippen molar-refractivity contribution in [1.82, 2.24) is 4.90 Å². The van der Waals surface area contributed by atoms with Crippen molar-refractivity contribution in [3.63, 3.8) is 0 Å². The van der Waals surface area contributed by atoms with Crippen LogP contribution < -0.4 is 0 Å². The van der Waals surface area contributed by atoms with Gasteiger partial charge in [-0.2, -0.15) is 0 Å². The van der Waals surface area contributed by atoms with Crippen LogP contribution in [0.15, 0.2) is 0 Å². The van der Waals surface area contributed by atoms with E-state index < -0.39 is 41.3 Å². The second-order valence-corrected chi connectivity index (χ2v) is 7.39. The predicted octanol–water partition coefficient (Wildman–Crippen LogP) is 1.62.